The van der Waals surface area contributed by atoms with Gasteiger partial charge in [-0.25, -0.2) is 9.97 Å². The summed E-state index contributed by atoms with van der Waals surface area (Å²) < 4.78 is 0. The number of carboxylic acid groups (broad SMARTS) is 1. The molecule has 0 aromatic carbocycles. The van der Waals surface area contributed by atoms with Crippen molar-refractivity contribution >= 4 is 11.9 Å². The fraction of sp³-hybridized carbons (Fsp3) is 0.643. The molecule has 7 heteroatoms. The third kappa shape index (κ3) is 2.98. The highest BCUT2D eigenvalue weighted by molar-refractivity contribution is 5.79. The SMILES string of the molecule is NC(CN1CCN(c2ncccn2)CC1)(C(=O)O)C1CC1. The number of aromatic nitrogens is 2. The summed E-state index contributed by atoms with van der Waals surface area (Å²) in [5.74, 6) is -0.0131. The van der Waals surface area contributed by atoms with E-state index in [9.17, 15) is 9.90 Å². The van der Waals surface area contributed by atoms with Crippen molar-refractivity contribution in [3.05, 3.63) is 18.5 Å². The molecule has 114 valence electrons. The van der Waals surface area contributed by atoms with Gasteiger partial charge in [-0.05, 0) is 24.8 Å². The number of piperazine rings is 1. The molecule has 2 aliphatic rings. The number of hydrogen-bond acceptors (Lipinski definition) is 6. The number of carboxylic acids is 1. The lowest BCUT2D eigenvalue weighted by Gasteiger charge is -2.38. The predicted octanol–water partition coefficient (Wildman–Crippen LogP) is -0.209. The Labute approximate surface area is 123 Å². The Hall–Kier alpha value is -1.73. The van der Waals surface area contributed by atoms with Crippen LogP contribution in [0.4, 0.5) is 5.95 Å². The Morgan fingerprint density at radius 3 is 2.43 bits per heavy atom. The summed E-state index contributed by atoms with van der Waals surface area (Å²) in [5, 5.41) is 9.42. The molecule has 1 aliphatic carbocycles. The fourth-order valence-electron chi connectivity index (χ4n) is 2.90. The Kier molecular flexibility index (Phi) is 3.77. The van der Waals surface area contributed by atoms with E-state index in [1.807, 2.05) is 0 Å². The second kappa shape index (κ2) is 5.57. The highest BCUT2D eigenvalue weighted by Gasteiger charge is 2.49. The molecule has 1 aliphatic heterocycles. The van der Waals surface area contributed by atoms with Gasteiger partial charge >= 0.3 is 5.97 Å². The number of aliphatic carboxylic acids is 1. The van der Waals surface area contributed by atoms with Gasteiger partial charge in [0.25, 0.3) is 0 Å². The quantitative estimate of drug-likeness (QED) is 0.775. The molecular formula is C14H21N5O2. The van der Waals surface area contributed by atoms with Crippen LogP contribution in [-0.2, 0) is 4.79 Å². The zero-order valence-corrected chi connectivity index (χ0v) is 12.0. The van der Waals surface area contributed by atoms with Gasteiger partial charge in [0.15, 0.2) is 0 Å². The minimum atomic E-state index is -1.09. The van der Waals surface area contributed by atoms with Crippen molar-refractivity contribution in [2.45, 2.75) is 18.4 Å². The van der Waals surface area contributed by atoms with Crippen molar-refractivity contribution in [3.63, 3.8) is 0 Å². The van der Waals surface area contributed by atoms with Crippen LogP contribution in [0.2, 0.25) is 0 Å². The van der Waals surface area contributed by atoms with E-state index in [2.05, 4.69) is 19.8 Å². The van der Waals surface area contributed by atoms with Gasteiger partial charge in [-0.15, -0.1) is 0 Å². The maximum absolute atomic E-state index is 11.5. The van der Waals surface area contributed by atoms with Gasteiger partial charge in [0, 0.05) is 45.1 Å². The minimum Gasteiger partial charge on any atom is -0.480 e. The molecule has 1 saturated carbocycles. The summed E-state index contributed by atoms with van der Waals surface area (Å²) in [6, 6.07) is 1.80. The van der Waals surface area contributed by atoms with Crippen LogP contribution in [0.3, 0.4) is 0 Å². The molecule has 0 amide bonds. The predicted molar refractivity (Wildman–Crippen MR) is 78.0 cm³/mol. The van der Waals surface area contributed by atoms with Crippen LogP contribution >= 0.6 is 0 Å². The number of nitrogens with two attached hydrogens (primary N) is 1. The number of nitrogens with zero attached hydrogens (tertiary/aromatic N) is 4. The lowest BCUT2D eigenvalue weighted by atomic mass is 9.93. The van der Waals surface area contributed by atoms with Crippen molar-refractivity contribution < 1.29 is 9.90 Å². The van der Waals surface area contributed by atoms with Crippen molar-refractivity contribution in [3.8, 4) is 0 Å². The summed E-state index contributed by atoms with van der Waals surface area (Å²) in [7, 11) is 0. The van der Waals surface area contributed by atoms with E-state index in [-0.39, 0.29) is 5.92 Å². The summed E-state index contributed by atoms with van der Waals surface area (Å²) >= 11 is 0. The topological polar surface area (TPSA) is 95.6 Å². The molecule has 1 aromatic rings. The van der Waals surface area contributed by atoms with E-state index >= 15 is 0 Å². The van der Waals surface area contributed by atoms with Crippen LogP contribution in [0.25, 0.3) is 0 Å². The number of anilines is 1. The van der Waals surface area contributed by atoms with Crippen LogP contribution in [0, 0.1) is 5.92 Å². The van der Waals surface area contributed by atoms with Gasteiger partial charge in [0.2, 0.25) is 5.95 Å². The average Bonchev–Trinajstić information content (AvgIpc) is 3.34. The van der Waals surface area contributed by atoms with Crippen molar-refractivity contribution in [2.75, 3.05) is 37.6 Å². The molecule has 1 atom stereocenters. The lowest BCUT2D eigenvalue weighted by molar-refractivity contribution is -0.145. The van der Waals surface area contributed by atoms with Crippen LogP contribution < -0.4 is 10.6 Å². The van der Waals surface area contributed by atoms with E-state index in [0.29, 0.717) is 6.54 Å². The molecule has 0 spiro atoms. The summed E-state index contributed by atoms with van der Waals surface area (Å²) in [6.07, 6.45) is 5.33. The molecule has 2 heterocycles. The van der Waals surface area contributed by atoms with Crippen molar-refractivity contribution in [1.29, 1.82) is 0 Å². The Morgan fingerprint density at radius 1 is 1.29 bits per heavy atom. The van der Waals surface area contributed by atoms with Crippen LogP contribution in [0.15, 0.2) is 18.5 Å². The summed E-state index contributed by atoms with van der Waals surface area (Å²) in [5.41, 5.74) is 5.05. The lowest BCUT2D eigenvalue weighted by Crippen LogP contribution is -2.60. The molecule has 3 rings (SSSR count). The summed E-state index contributed by atoms with van der Waals surface area (Å²) in [6.45, 7) is 3.60. The molecule has 1 aromatic heterocycles. The highest BCUT2D eigenvalue weighted by Crippen LogP contribution is 2.39. The van der Waals surface area contributed by atoms with Gasteiger partial charge in [-0.1, -0.05) is 0 Å². The smallest absolute Gasteiger partial charge is 0.325 e. The molecule has 1 unspecified atom stereocenters. The van der Waals surface area contributed by atoms with Crippen molar-refractivity contribution in [1.82, 2.24) is 14.9 Å². The molecular weight excluding hydrogens is 270 g/mol. The van der Waals surface area contributed by atoms with E-state index in [1.54, 1.807) is 18.5 Å². The molecule has 0 bridgehead atoms. The van der Waals surface area contributed by atoms with Gasteiger partial charge < -0.3 is 15.7 Å². The zero-order valence-electron chi connectivity index (χ0n) is 12.0. The molecule has 2 fully saturated rings. The molecule has 21 heavy (non-hydrogen) atoms. The van der Waals surface area contributed by atoms with E-state index in [4.69, 9.17) is 5.73 Å². The van der Waals surface area contributed by atoms with Crippen LogP contribution in [0.1, 0.15) is 12.8 Å². The molecule has 3 N–H and O–H groups in total. The van der Waals surface area contributed by atoms with E-state index < -0.39 is 11.5 Å². The third-order valence-corrected chi connectivity index (χ3v) is 4.40. The highest BCUT2D eigenvalue weighted by atomic mass is 16.4. The maximum Gasteiger partial charge on any atom is 0.325 e. The first kappa shape index (κ1) is 14.2. The van der Waals surface area contributed by atoms with E-state index in [1.165, 1.54) is 0 Å². The Balaban J connectivity index is 1.57. The normalized spacial score (nSPS) is 22.8. The maximum atomic E-state index is 11.5. The Bertz CT molecular complexity index is 499. The van der Waals surface area contributed by atoms with E-state index in [0.717, 1.165) is 45.0 Å². The summed E-state index contributed by atoms with van der Waals surface area (Å²) in [4.78, 5) is 24.2. The third-order valence-electron chi connectivity index (χ3n) is 4.40. The average molecular weight is 291 g/mol. The van der Waals surface area contributed by atoms with Crippen LogP contribution in [-0.4, -0.2) is 64.2 Å². The van der Waals surface area contributed by atoms with Crippen LogP contribution in [0.5, 0.6) is 0 Å². The molecule has 0 radical (unpaired) electrons. The number of carbonyl (C=O) groups is 1. The second-order valence-electron chi connectivity index (χ2n) is 5.93. The van der Waals surface area contributed by atoms with Gasteiger partial charge in [0.1, 0.15) is 5.54 Å². The number of hydrogen-bond donors (Lipinski definition) is 2. The second-order valence-corrected chi connectivity index (χ2v) is 5.93. The molecule has 7 nitrogen and oxygen atoms in total. The first-order valence-electron chi connectivity index (χ1n) is 7.36. The first-order valence-corrected chi connectivity index (χ1v) is 7.36. The van der Waals surface area contributed by atoms with Crippen molar-refractivity contribution in [2.24, 2.45) is 11.7 Å². The minimum absolute atomic E-state index is 0.130. The van der Waals surface area contributed by atoms with Gasteiger partial charge in [-0.3, -0.25) is 9.69 Å². The largest absolute Gasteiger partial charge is 0.480 e. The number of rotatable bonds is 5. The zero-order chi connectivity index (χ0) is 14.9. The first-order chi connectivity index (χ1) is 10.1. The molecule has 1 saturated heterocycles. The van der Waals surface area contributed by atoms with Gasteiger partial charge in [-0.2, -0.15) is 0 Å². The van der Waals surface area contributed by atoms with Gasteiger partial charge in [0.05, 0.1) is 0 Å². The standard InChI is InChI=1S/C14H21N5O2/c15-14(12(20)21,11-2-3-11)10-18-6-8-19(9-7-18)13-16-4-1-5-17-13/h1,4-5,11H,2-3,6-10,15H2,(H,20,21). The Morgan fingerprint density at radius 2 is 1.90 bits per heavy atom. The monoisotopic (exact) mass is 291 g/mol. The fourth-order valence-corrected chi connectivity index (χ4v) is 2.90.